The fraction of sp³-hybridized carbons (Fsp3) is 0.643. The molecule has 1 aromatic rings. The summed E-state index contributed by atoms with van der Waals surface area (Å²) in [5, 5.41) is 15.8. The third-order valence-corrected chi connectivity index (χ3v) is 4.62. The molecular weight excluding hydrogens is 303 g/mol. The Morgan fingerprint density at radius 3 is 2.76 bits per heavy atom. The number of amides is 1. The molecule has 7 heteroatoms. The molecule has 1 aliphatic rings. The van der Waals surface area contributed by atoms with Gasteiger partial charge in [-0.2, -0.15) is 24.5 Å². The van der Waals surface area contributed by atoms with Gasteiger partial charge in [0.2, 0.25) is 5.91 Å². The Balaban J connectivity index is 1.92. The summed E-state index contributed by atoms with van der Waals surface area (Å²) in [6.07, 6.45) is -3.82. The van der Waals surface area contributed by atoms with E-state index in [1.807, 2.05) is 0 Å². The summed E-state index contributed by atoms with van der Waals surface area (Å²) in [4.78, 5) is 12.0. The van der Waals surface area contributed by atoms with E-state index in [1.54, 1.807) is 16.8 Å². The Bertz CT molecular complexity index is 461. The summed E-state index contributed by atoms with van der Waals surface area (Å²) in [6, 6.07) is 1.72. The van der Waals surface area contributed by atoms with Crippen LogP contribution in [-0.2, 0) is 4.79 Å². The fourth-order valence-corrected chi connectivity index (χ4v) is 3.45. The average Bonchev–Trinajstić information content (AvgIpc) is 2.97. The lowest BCUT2D eigenvalue weighted by molar-refractivity contribution is -0.198. The van der Waals surface area contributed by atoms with Gasteiger partial charge in [-0.3, -0.25) is 4.79 Å². The van der Waals surface area contributed by atoms with E-state index in [1.165, 1.54) is 11.3 Å². The Morgan fingerprint density at radius 2 is 2.14 bits per heavy atom. The van der Waals surface area contributed by atoms with E-state index in [4.69, 9.17) is 0 Å². The first-order chi connectivity index (χ1) is 9.89. The number of alkyl halides is 3. The van der Waals surface area contributed by atoms with Crippen molar-refractivity contribution in [3.05, 3.63) is 22.4 Å². The van der Waals surface area contributed by atoms with Crippen molar-refractivity contribution in [1.82, 2.24) is 5.32 Å². The normalized spacial score (nSPS) is 24.6. The molecule has 0 radical (unpaired) electrons. The summed E-state index contributed by atoms with van der Waals surface area (Å²) in [7, 11) is 0. The molecule has 1 aliphatic carbocycles. The number of hydrogen-bond acceptors (Lipinski definition) is 3. The largest absolute Gasteiger partial charge is 0.392 e. The minimum atomic E-state index is -4.34. The Labute approximate surface area is 125 Å². The summed E-state index contributed by atoms with van der Waals surface area (Å²) in [5.41, 5.74) is 0.663. The van der Waals surface area contributed by atoms with Crippen molar-refractivity contribution in [2.45, 2.75) is 38.0 Å². The zero-order chi connectivity index (χ0) is 15.5. The Kier molecular flexibility index (Phi) is 5.27. The molecule has 2 N–H and O–H groups in total. The van der Waals surface area contributed by atoms with Crippen LogP contribution in [0, 0.1) is 11.8 Å². The minimum Gasteiger partial charge on any atom is -0.387 e. The van der Waals surface area contributed by atoms with Gasteiger partial charge in [-0.05, 0) is 35.2 Å². The molecule has 1 heterocycles. The van der Waals surface area contributed by atoms with Crippen molar-refractivity contribution in [3.63, 3.8) is 0 Å². The van der Waals surface area contributed by atoms with Crippen LogP contribution in [0.25, 0.3) is 0 Å². The van der Waals surface area contributed by atoms with Crippen LogP contribution in [0.5, 0.6) is 0 Å². The average molecular weight is 321 g/mol. The summed E-state index contributed by atoms with van der Waals surface area (Å²) < 4.78 is 38.8. The second-order valence-electron chi connectivity index (χ2n) is 5.36. The predicted octanol–water partition coefficient (Wildman–Crippen LogP) is 3.27. The van der Waals surface area contributed by atoms with E-state index in [0.717, 1.165) is 0 Å². The number of halogens is 3. The molecule has 0 aromatic carbocycles. The first-order valence-electron chi connectivity index (χ1n) is 6.94. The highest BCUT2D eigenvalue weighted by molar-refractivity contribution is 7.07. The number of nitrogens with one attached hydrogen (secondary N) is 1. The van der Waals surface area contributed by atoms with Crippen LogP contribution < -0.4 is 5.32 Å². The highest BCUT2D eigenvalue weighted by atomic mass is 32.1. The van der Waals surface area contributed by atoms with Crippen LogP contribution in [0.4, 0.5) is 13.2 Å². The summed E-state index contributed by atoms with van der Waals surface area (Å²) >= 11 is 1.41. The molecule has 0 aliphatic heterocycles. The lowest BCUT2D eigenvalue weighted by Crippen LogP contribution is -2.43. The third kappa shape index (κ3) is 4.20. The van der Waals surface area contributed by atoms with Crippen molar-refractivity contribution in [1.29, 1.82) is 0 Å². The molecular formula is C14H18F3NO2S. The number of rotatable bonds is 4. The van der Waals surface area contributed by atoms with Gasteiger partial charge in [0, 0.05) is 12.5 Å². The van der Waals surface area contributed by atoms with Crippen LogP contribution in [0.15, 0.2) is 16.8 Å². The molecule has 2 rings (SSSR count). The summed E-state index contributed by atoms with van der Waals surface area (Å²) in [6.45, 7) is -0.0589. The van der Waals surface area contributed by atoms with Gasteiger partial charge in [0.1, 0.15) is 0 Å². The van der Waals surface area contributed by atoms with Gasteiger partial charge >= 0.3 is 6.18 Å². The number of thiophene rings is 1. The van der Waals surface area contributed by atoms with Gasteiger partial charge in [0.05, 0.1) is 12.0 Å². The van der Waals surface area contributed by atoms with Gasteiger partial charge in [-0.25, -0.2) is 0 Å². The highest BCUT2D eigenvalue weighted by Gasteiger charge is 2.47. The van der Waals surface area contributed by atoms with E-state index in [9.17, 15) is 23.1 Å². The number of carbonyl (C=O) groups excluding carboxylic acids is 1. The number of aliphatic hydroxyl groups is 1. The molecule has 1 saturated carbocycles. The van der Waals surface area contributed by atoms with Gasteiger partial charge in [-0.1, -0.05) is 12.8 Å². The highest BCUT2D eigenvalue weighted by Crippen LogP contribution is 2.41. The van der Waals surface area contributed by atoms with Crippen LogP contribution in [-0.4, -0.2) is 23.7 Å². The molecule has 118 valence electrons. The van der Waals surface area contributed by atoms with Crippen molar-refractivity contribution in [3.8, 4) is 0 Å². The molecule has 1 fully saturated rings. The first-order valence-corrected chi connectivity index (χ1v) is 7.88. The second kappa shape index (κ2) is 6.79. The zero-order valence-corrected chi connectivity index (χ0v) is 12.2. The van der Waals surface area contributed by atoms with E-state index >= 15 is 0 Å². The number of carbonyl (C=O) groups is 1. The van der Waals surface area contributed by atoms with Gasteiger partial charge in [-0.15, -0.1) is 0 Å². The maximum atomic E-state index is 12.9. The van der Waals surface area contributed by atoms with Gasteiger partial charge in [0.25, 0.3) is 0 Å². The van der Waals surface area contributed by atoms with E-state index in [2.05, 4.69) is 5.32 Å². The molecule has 0 unspecified atom stereocenters. The molecule has 21 heavy (non-hydrogen) atoms. The number of aliphatic hydroxyl groups excluding tert-OH is 1. The van der Waals surface area contributed by atoms with Crippen LogP contribution in [0.2, 0.25) is 0 Å². The lowest BCUT2D eigenvalue weighted by atomic mass is 9.78. The van der Waals surface area contributed by atoms with Crippen molar-refractivity contribution in [2.75, 3.05) is 6.54 Å². The maximum absolute atomic E-state index is 12.9. The first kappa shape index (κ1) is 16.3. The van der Waals surface area contributed by atoms with Gasteiger partial charge in [0.15, 0.2) is 0 Å². The molecule has 3 atom stereocenters. The van der Waals surface area contributed by atoms with Crippen molar-refractivity contribution >= 4 is 17.2 Å². The molecule has 1 aromatic heterocycles. The SMILES string of the molecule is O=C(NC[C@H](O)c1ccsc1)[C@@H]1CCCC[C@@H]1C(F)(F)F. The quantitative estimate of drug-likeness (QED) is 0.894. The standard InChI is InChI=1S/C14H18F3NO2S/c15-14(16,17)11-4-2-1-3-10(11)13(20)18-7-12(19)9-5-6-21-8-9/h5-6,8,10-12,19H,1-4,7H2,(H,18,20)/t10-,11+,12+/m1/s1. The molecule has 0 bridgehead atoms. The van der Waals surface area contributed by atoms with E-state index < -0.39 is 30.0 Å². The monoisotopic (exact) mass is 321 g/mol. The fourth-order valence-electron chi connectivity index (χ4n) is 2.75. The molecule has 0 saturated heterocycles. The second-order valence-corrected chi connectivity index (χ2v) is 6.14. The Morgan fingerprint density at radius 1 is 1.43 bits per heavy atom. The van der Waals surface area contributed by atoms with Gasteiger partial charge < -0.3 is 10.4 Å². The van der Waals surface area contributed by atoms with E-state index in [0.29, 0.717) is 18.4 Å². The van der Waals surface area contributed by atoms with Crippen LogP contribution in [0.3, 0.4) is 0 Å². The summed E-state index contributed by atoms with van der Waals surface area (Å²) in [5.74, 6) is -3.20. The zero-order valence-electron chi connectivity index (χ0n) is 11.4. The topological polar surface area (TPSA) is 49.3 Å². The molecule has 0 spiro atoms. The third-order valence-electron chi connectivity index (χ3n) is 3.92. The minimum absolute atomic E-state index is 0.00860. The Hall–Kier alpha value is -1.08. The van der Waals surface area contributed by atoms with Crippen molar-refractivity contribution in [2.24, 2.45) is 11.8 Å². The van der Waals surface area contributed by atoms with Crippen LogP contribution >= 0.6 is 11.3 Å². The lowest BCUT2D eigenvalue weighted by Gasteiger charge is -2.32. The predicted molar refractivity (Wildman–Crippen MR) is 73.8 cm³/mol. The van der Waals surface area contributed by atoms with Crippen LogP contribution in [0.1, 0.15) is 37.4 Å². The number of hydrogen-bond donors (Lipinski definition) is 2. The van der Waals surface area contributed by atoms with E-state index in [-0.39, 0.29) is 19.4 Å². The molecule has 3 nitrogen and oxygen atoms in total. The molecule has 1 amide bonds. The smallest absolute Gasteiger partial charge is 0.387 e. The maximum Gasteiger partial charge on any atom is 0.392 e. The van der Waals surface area contributed by atoms with Crippen molar-refractivity contribution < 1.29 is 23.1 Å².